The maximum absolute atomic E-state index is 12.8. The third kappa shape index (κ3) is 3.91. The van der Waals surface area contributed by atoms with E-state index in [1.165, 1.54) is 25.7 Å². The van der Waals surface area contributed by atoms with Crippen molar-refractivity contribution in [3.05, 3.63) is 29.3 Å². The summed E-state index contributed by atoms with van der Waals surface area (Å²) in [5.41, 5.74) is 8.30. The van der Waals surface area contributed by atoms with Crippen LogP contribution in [0, 0.1) is 18.8 Å². The largest absolute Gasteiger partial charge is 0.399 e. The van der Waals surface area contributed by atoms with Gasteiger partial charge in [-0.1, -0.05) is 12.5 Å². The second kappa shape index (κ2) is 8.15. The zero-order chi connectivity index (χ0) is 16.0. The molecule has 0 spiro atoms. The molecule has 4 nitrogen and oxygen atoms in total. The molecule has 6 heteroatoms. The van der Waals surface area contributed by atoms with Crippen LogP contribution in [0.2, 0.25) is 0 Å². The molecule has 2 aliphatic carbocycles. The van der Waals surface area contributed by atoms with E-state index in [4.69, 9.17) is 5.73 Å². The molecule has 140 valence electrons. The third-order valence-electron chi connectivity index (χ3n) is 6.26. The predicted octanol–water partition coefficient (Wildman–Crippen LogP) is 3.37. The molecule has 0 radical (unpaired) electrons. The summed E-state index contributed by atoms with van der Waals surface area (Å²) in [6.45, 7) is 5.74. The smallest absolute Gasteiger partial charge is 0.254 e. The highest BCUT2D eigenvalue weighted by Crippen LogP contribution is 2.46. The minimum atomic E-state index is 0. The van der Waals surface area contributed by atoms with Crippen molar-refractivity contribution in [1.82, 2.24) is 9.80 Å². The quantitative estimate of drug-likeness (QED) is 0.793. The summed E-state index contributed by atoms with van der Waals surface area (Å²) in [5, 5.41) is 0. The Kier molecular flexibility index (Phi) is 6.63. The van der Waals surface area contributed by atoms with E-state index in [-0.39, 0.29) is 30.7 Å². The third-order valence-corrected chi connectivity index (χ3v) is 6.26. The van der Waals surface area contributed by atoms with Crippen molar-refractivity contribution >= 4 is 36.4 Å². The lowest BCUT2D eigenvalue weighted by atomic mass is 9.93. The highest BCUT2D eigenvalue weighted by molar-refractivity contribution is 5.96. The Morgan fingerprint density at radius 1 is 1.08 bits per heavy atom. The second-order valence-electron chi connectivity index (χ2n) is 7.64. The van der Waals surface area contributed by atoms with Crippen LogP contribution in [0.15, 0.2) is 18.2 Å². The fourth-order valence-electron chi connectivity index (χ4n) is 4.96. The predicted molar refractivity (Wildman–Crippen MR) is 107 cm³/mol. The van der Waals surface area contributed by atoms with Gasteiger partial charge < -0.3 is 10.6 Å². The lowest BCUT2D eigenvalue weighted by molar-refractivity contribution is 0.0495. The van der Waals surface area contributed by atoms with Gasteiger partial charge in [0.2, 0.25) is 0 Å². The zero-order valence-electron chi connectivity index (χ0n) is 14.8. The van der Waals surface area contributed by atoms with Crippen LogP contribution in [0.3, 0.4) is 0 Å². The molecule has 4 rings (SSSR count). The van der Waals surface area contributed by atoms with Crippen molar-refractivity contribution in [3.8, 4) is 0 Å². The number of benzene rings is 1. The van der Waals surface area contributed by atoms with Gasteiger partial charge in [0.25, 0.3) is 5.91 Å². The molecule has 1 amide bonds. The number of nitrogen functional groups attached to an aromatic ring is 1. The van der Waals surface area contributed by atoms with E-state index in [9.17, 15) is 4.79 Å². The average molecular weight is 386 g/mol. The molecule has 1 aliphatic heterocycles. The molecule has 2 saturated carbocycles. The van der Waals surface area contributed by atoms with Gasteiger partial charge in [0.15, 0.2) is 0 Å². The fourth-order valence-corrected chi connectivity index (χ4v) is 4.96. The Balaban J connectivity index is 0.00000113. The molecule has 3 atom stereocenters. The minimum Gasteiger partial charge on any atom is -0.399 e. The van der Waals surface area contributed by atoms with Crippen LogP contribution in [0.25, 0.3) is 0 Å². The van der Waals surface area contributed by atoms with E-state index in [0.29, 0.717) is 5.69 Å². The van der Waals surface area contributed by atoms with Gasteiger partial charge >= 0.3 is 0 Å². The molecule has 25 heavy (non-hydrogen) atoms. The Bertz CT molecular complexity index is 617. The SMILES string of the molecule is Cc1ccc(N)cc1C(=O)N1CCN(C2CC3CCC2C3)CC1.Cl.Cl. The van der Waals surface area contributed by atoms with Crippen molar-refractivity contribution in [2.24, 2.45) is 11.8 Å². The molecule has 3 aliphatic rings. The van der Waals surface area contributed by atoms with Crippen LogP contribution in [-0.4, -0.2) is 47.9 Å². The van der Waals surface area contributed by atoms with Crippen molar-refractivity contribution in [2.75, 3.05) is 31.9 Å². The number of amides is 1. The monoisotopic (exact) mass is 385 g/mol. The number of nitrogens with zero attached hydrogens (tertiary/aromatic N) is 2. The van der Waals surface area contributed by atoms with Crippen molar-refractivity contribution in [2.45, 2.75) is 38.6 Å². The maximum atomic E-state index is 12.8. The maximum Gasteiger partial charge on any atom is 0.254 e. The van der Waals surface area contributed by atoms with E-state index in [0.717, 1.165) is 55.2 Å². The number of aryl methyl sites for hydroxylation is 1. The summed E-state index contributed by atoms with van der Waals surface area (Å²) in [6.07, 6.45) is 5.73. The number of nitrogens with two attached hydrogens (primary N) is 1. The Morgan fingerprint density at radius 2 is 1.80 bits per heavy atom. The van der Waals surface area contributed by atoms with Crippen molar-refractivity contribution < 1.29 is 4.79 Å². The van der Waals surface area contributed by atoms with Crippen LogP contribution in [0.5, 0.6) is 0 Å². The summed E-state index contributed by atoms with van der Waals surface area (Å²) in [5.74, 6) is 2.06. The number of carbonyl (C=O) groups is 1. The van der Waals surface area contributed by atoms with E-state index in [1.807, 2.05) is 30.0 Å². The molecule has 2 N–H and O–H groups in total. The molecule has 1 aromatic carbocycles. The number of fused-ring (bicyclic) bond motifs is 2. The summed E-state index contributed by atoms with van der Waals surface area (Å²) < 4.78 is 0. The van der Waals surface area contributed by atoms with Gasteiger partial charge in [0.05, 0.1) is 0 Å². The summed E-state index contributed by atoms with van der Waals surface area (Å²) in [7, 11) is 0. The average Bonchev–Trinajstić information content (AvgIpc) is 3.20. The van der Waals surface area contributed by atoms with Gasteiger partial charge in [-0.05, 0) is 55.7 Å². The summed E-state index contributed by atoms with van der Waals surface area (Å²) >= 11 is 0. The standard InChI is InChI=1S/C19H27N3O.2ClH/c1-13-2-5-16(20)12-17(13)19(23)22-8-6-21(7-9-22)18-11-14-3-4-15(18)10-14;;/h2,5,12,14-15,18H,3-4,6-11,20H2,1H3;2*1H. The Hall–Kier alpha value is -0.970. The normalized spacial score (nSPS) is 28.4. The molecular weight excluding hydrogens is 357 g/mol. The van der Waals surface area contributed by atoms with E-state index < -0.39 is 0 Å². The first-order valence-electron chi connectivity index (χ1n) is 9.01. The van der Waals surface area contributed by atoms with Crippen LogP contribution in [0.4, 0.5) is 5.69 Å². The molecular formula is C19H29Cl2N3O. The highest BCUT2D eigenvalue weighted by atomic mass is 35.5. The fraction of sp³-hybridized carbons (Fsp3) is 0.632. The number of hydrogen-bond acceptors (Lipinski definition) is 3. The van der Waals surface area contributed by atoms with Gasteiger partial charge in [-0.25, -0.2) is 0 Å². The number of piperazine rings is 1. The molecule has 1 saturated heterocycles. The number of hydrogen-bond donors (Lipinski definition) is 1. The molecule has 3 unspecified atom stereocenters. The number of anilines is 1. The molecule has 1 aromatic rings. The first kappa shape index (κ1) is 20.3. The van der Waals surface area contributed by atoms with E-state index >= 15 is 0 Å². The van der Waals surface area contributed by atoms with Gasteiger partial charge in [0.1, 0.15) is 0 Å². The van der Waals surface area contributed by atoms with Crippen molar-refractivity contribution in [1.29, 1.82) is 0 Å². The number of halogens is 2. The van der Waals surface area contributed by atoms with Crippen LogP contribution in [0.1, 0.15) is 41.6 Å². The van der Waals surface area contributed by atoms with Gasteiger partial charge in [-0.2, -0.15) is 0 Å². The lowest BCUT2D eigenvalue weighted by Crippen LogP contribution is -2.53. The molecule has 1 heterocycles. The van der Waals surface area contributed by atoms with Crippen LogP contribution >= 0.6 is 24.8 Å². The number of carbonyl (C=O) groups excluding carboxylic acids is 1. The van der Waals surface area contributed by atoms with E-state index in [2.05, 4.69) is 4.90 Å². The molecule has 0 aromatic heterocycles. The first-order chi connectivity index (χ1) is 11.1. The summed E-state index contributed by atoms with van der Waals surface area (Å²) in [4.78, 5) is 17.4. The second-order valence-corrected chi connectivity index (χ2v) is 7.64. The topological polar surface area (TPSA) is 49.6 Å². The van der Waals surface area contributed by atoms with Crippen LogP contribution in [-0.2, 0) is 0 Å². The van der Waals surface area contributed by atoms with Crippen LogP contribution < -0.4 is 5.73 Å². The Labute approximate surface area is 162 Å². The zero-order valence-corrected chi connectivity index (χ0v) is 16.5. The van der Waals surface area contributed by atoms with Gasteiger partial charge in [0, 0.05) is 43.5 Å². The van der Waals surface area contributed by atoms with Crippen molar-refractivity contribution in [3.63, 3.8) is 0 Å². The number of rotatable bonds is 2. The highest BCUT2D eigenvalue weighted by Gasteiger charge is 2.42. The minimum absolute atomic E-state index is 0. The van der Waals surface area contributed by atoms with E-state index in [1.54, 1.807) is 0 Å². The molecule has 2 bridgehead atoms. The molecule has 3 fully saturated rings. The lowest BCUT2D eigenvalue weighted by Gasteiger charge is -2.41. The first-order valence-corrected chi connectivity index (χ1v) is 9.01. The summed E-state index contributed by atoms with van der Waals surface area (Å²) in [6, 6.07) is 6.41. The van der Waals surface area contributed by atoms with Gasteiger partial charge in [-0.3, -0.25) is 9.69 Å². The Morgan fingerprint density at radius 3 is 2.40 bits per heavy atom. The van der Waals surface area contributed by atoms with Gasteiger partial charge in [-0.15, -0.1) is 24.8 Å².